The molecule has 0 radical (unpaired) electrons. The van der Waals surface area contributed by atoms with Gasteiger partial charge in [0.25, 0.3) is 0 Å². The molecule has 1 saturated carbocycles. The molecule has 0 atom stereocenters. The minimum Gasteiger partial charge on any atom is -0.310 e. The van der Waals surface area contributed by atoms with Crippen molar-refractivity contribution in [1.82, 2.24) is 4.98 Å². The second-order valence-electron chi connectivity index (χ2n) is 3.48. The number of nitrogens with zero attached hydrogens (tertiary/aromatic N) is 1. The zero-order chi connectivity index (χ0) is 9.97. The van der Waals surface area contributed by atoms with E-state index < -0.39 is 0 Å². The first-order valence-electron chi connectivity index (χ1n) is 4.68. The largest absolute Gasteiger partial charge is 0.310 e. The van der Waals surface area contributed by atoms with Crippen molar-refractivity contribution in [3.8, 4) is 0 Å². The van der Waals surface area contributed by atoms with E-state index in [1.807, 2.05) is 6.07 Å². The summed E-state index contributed by atoms with van der Waals surface area (Å²) in [6, 6.07) is 3.66. The van der Waals surface area contributed by atoms with E-state index in [0.717, 1.165) is 17.3 Å². The van der Waals surface area contributed by atoms with E-state index in [2.05, 4.69) is 26.2 Å². The molecule has 0 aliphatic heterocycles. The van der Waals surface area contributed by atoms with Crippen LogP contribution >= 0.6 is 15.9 Å². The van der Waals surface area contributed by atoms with Crippen molar-refractivity contribution in [2.75, 3.05) is 5.32 Å². The van der Waals surface area contributed by atoms with Crippen LogP contribution in [0.25, 0.3) is 0 Å². The fraction of sp³-hybridized carbons (Fsp3) is 0.400. The van der Waals surface area contributed by atoms with Gasteiger partial charge in [-0.1, -0.05) is 6.42 Å². The molecule has 3 nitrogen and oxygen atoms in total. The molecule has 1 aliphatic rings. The number of carbonyl (C=O) groups excluding carboxylic acids is 1. The maximum Gasteiger partial charge on any atom is 0.228 e. The summed E-state index contributed by atoms with van der Waals surface area (Å²) in [5.41, 5.74) is 0. The first-order valence-corrected chi connectivity index (χ1v) is 5.47. The lowest BCUT2D eigenvalue weighted by Gasteiger charge is -2.23. The first-order chi connectivity index (χ1) is 6.75. The van der Waals surface area contributed by atoms with Gasteiger partial charge in [-0.3, -0.25) is 4.79 Å². The minimum absolute atomic E-state index is 0.103. The topological polar surface area (TPSA) is 42.0 Å². The number of hydrogen-bond donors (Lipinski definition) is 1. The number of aromatic nitrogens is 1. The minimum atomic E-state index is 0.103. The lowest BCUT2D eigenvalue weighted by Crippen LogP contribution is -2.28. The Bertz CT molecular complexity index is 332. The van der Waals surface area contributed by atoms with Crippen LogP contribution in [-0.2, 0) is 4.79 Å². The van der Waals surface area contributed by atoms with Gasteiger partial charge in [0.05, 0.1) is 0 Å². The molecule has 14 heavy (non-hydrogen) atoms. The predicted octanol–water partition coefficient (Wildman–Crippen LogP) is 2.58. The molecule has 74 valence electrons. The summed E-state index contributed by atoms with van der Waals surface area (Å²) in [6.07, 6.45) is 4.88. The highest BCUT2D eigenvalue weighted by Crippen LogP contribution is 2.27. The average Bonchev–Trinajstić information content (AvgIpc) is 2.06. The summed E-state index contributed by atoms with van der Waals surface area (Å²) >= 11 is 3.29. The van der Waals surface area contributed by atoms with Crippen molar-refractivity contribution < 1.29 is 4.79 Å². The van der Waals surface area contributed by atoms with Crippen LogP contribution in [0.3, 0.4) is 0 Å². The first kappa shape index (κ1) is 9.65. The third kappa shape index (κ3) is 2.12. The molecule has 0 spiro atoms. The van der Waals surface area contributed by atoms with E-state index in [-0.39, 0.29) is 11.8 Å². The molecule has 1 amide bonds. The Labute approximate surface area is 91.0 Å². The van der Waals surface area contributed by atoms with Gasteiger partial charge in [-0.25, -0.2) is 4.98 Å². The number of halogens is 1. The van der Waals surface area contributed by atoms with Crippen LogP contribution in [0.15, 0.2) is 22.8 Å². The quantitative estimate of drug-likeness (QED) is 0.882. The number of anilines is 1. The van der Waals surface area contributed by atoms with Crippen LogP contribution in [0.2, 0.25) is 0 Å². The van der Waals surface area contributed by atoms with Crippen molar-refractivity contribution >= 4 is 27.7 Å². The number of hydrogen-bond acceptors (Lipinski definition) is 2. The maximum atomic E-state index is 11.5. The molecule has 2 rings (SSSR count). The Morgan fingerprint density at radius 3 is 2.79 bits per heavy atom. The molecular weight excluding hydrogens is 244 g/mol. The maximum absolute atomic E-state index is 11.5. The number of amides is 1. The second kappa shape index (κ2) is 4.09. The van der Waals surface area contributed by atoms with E-state index in [4.69, 9.17) is 0 Å². The fourth-order valence-corrected chi connectivity index (χ4v) is 1.58. The molecule has 1 aromatic heterocycles. The lowest BCUT2D eigenvalue weighted by molar-refractivity contribution is -0.122. The Morgan fingerprint density at radius 2 is 2.29 bits per heavy atom. The van der Waals surface area contributed by atoms with E-state index in [1.54, 1.807) is 12.3 Å². The molecule has 4 heteroatoms. The molecule has 1 heterocycles. The highest BCUT2D eigenvalue weighted by atomic mass is 79.9. The molecule has 1 fully saturated rings. The van der Waals surface area contributed by atoms with Crippen LogP contribution in [0.1, 0.15) is 19.3 Å². The van der Waals surface area contributed by atoms with Crippen LogP contribution in [0.5, 0.6) is 0 Å². The normalized spacial score (nSPS) is 16.1. The fourth-order valence-electron chi connectivity index (χ4n) is 1.35. The highest BCUT2D eigenvalue weighted by Gasteiger charge is 2.25. The Morgan fingerprint density at radius 1 is 1.50 bits per heavy atom. The third-order valence-corrected chi connectivity index (χ3v) is 2.92. The van der Waals surface area contributed by atoms with Crippen LogP contribution in [0, 0.1) is 5.92 Å². The Kier molecular flexibility index (Phi) is 2.82. The predicted molar refractivity (Wildman–Crippen MR) is 57.9 cm³/mol. The molecule has 1 aliphatic carbocycles. The van der Waals surface area contributed by atoms with Gasteiger partial charge < -0.3 is 5.32 Å². The van der Waals surface area contributed by atoms with Gasteiger partial charge in [0.2, 0.25) is 5.91 Å². The van der Waals surface area contributed by atoms with Crippen LogP contribution in [0.4, 0.5) is 5.82 Å². The zero-order valence-corrected chi connectivity index (χ0v) is 9.25. The summed E-state index contributed by atoms with van der Waals surface area (Å²) in [6.45, 7) is 0. The van der Waals surface area contributed by atoms with Crippen molar-refractivity contribution in [2.45, 2.75) is 19.3 Å². The summed E-state index contributed by atoms with van der Waals surface area (Å²) in [5, 5.41) is 2.80. The molecule has 1 N–H and O–H groups in total. The highest BCUT2D eigenvalue weighted by molar-refractivity contribution is 9.10. The summed E-state index contributed by atoms with van der Waals surface area (Å²) < 4.78 is 0.916. The molecule has 0 bridgehead atoms. The molecular formula is C10H11BrN2O. The summed E-state index contributed by atoms with van der Waals surface area (Å²) in [5.74, 6) is 0.941. The van der Waals surface area contributed by atoms with Crippen molar-refractivity contribution in [3.05, 3.63) is 22.8 Å². The molecule has 1 aromatic rings. The Balaban J connectivity index is 1.96. The molecule has 0 unspecified atom stereocenters. The second-order valence-corrected chi connectivity index (χ2v) is 4.39. The average molecular weight is 255 g/mol. The van der Waals surface area contributed by atoms with Crippen molar-refractivity contribution in [1.29, 1.82) is 0 Å². The van der Waals surface area contributed by atoms with Gasteiger partial charge in [-0.15, -0.1) is 0 Å². The number of rotatable bonds is 2. The molecule has 0 saturated heterocycles. The summed E-state index contributed by atoms with van der Waals surface area (Å²) in [7, 11) is 0. The zero-order valence-electron chi connectivity index (χ0n) is 7.66. The SMILES string of the molecule is O=C(Nc1ccc(Br)cn1)C1CCC1. The van der Waals surface area contributed by atoms with E-state index in [1.165, 1.54) is 6.42 Å². The Hall–Kier alpha value is -0.900. The van der Waals surface area contributed by atoms with Gasteiger partial charge in [0.15, 0.2) is 0 Å². The number of nitrogens with one attached hydrogen (secondary N) is 1. The van der Waals surface area contributed by atoms with E-state index >= 15 is 0 Å². The van der Waals surface area contributed by atoms with E-state index in [9.17, 15) is 4.79 Å². The monoisotopic (exact) mass is 254 g/mol. The van der Waals surface area contributed by atoms with E-state index in [0.29, 0.717) is 5.82 Å². The number of carbonyl (C=O) groups is 1. The molecule has 0 aromatic carbocycles. The number of pyridine rings is 1. The van der Waals surface area contributed by atoms with Gasteiger partial charge in [0, 0.05) is 16.6 Å². The van der Waals surface area contributed by atoms with Crippen molar-refractivity contribution in [2.24, 2.45) is 5.92 Å². The lowest BCUT2D eigenvalue weighted by atomic mass is 9.85. The van der Waals surface area contributed by atoms with Gasteiger partial charge in [-0.05, 0) is 40.9 Å². The third-order valence-electron chi connectivity index (χ3n) is 2.45. The standard InChI is InChI=1S/C10H11BrN2O/c11-8-4-5-9(12-6-8)13-10(14)7-2-1-3-7/h4-7H,1-3H2,(H,12,13,14). The van der Waals surface area contributed by atoms with Gasteiger partial charge in [0.1, 0.15) is 5.82 Å². The smallest absolute Gasteiger partial charge is 0.228 e. The summed E-state index contributed by atoms with van der Waals surface area (Å²) in [4.78, 5) is 15.6. The van der Waals surface area contributed by atoms with Gasteiger partial charge >= 0.3 is 0 Å². The van der Waals surface area contributed by atoms with Crippen molar-refractivity contribution in [3.63, 3.8) is 0 Å². The van der Waals surface area contributed by atoms with Gasteiger partial charge in [-0.2, -0.15) is 0 Å². The van der Waals surface area contributed by atoms with Crippen LogP contribution < -0.4 is 5.32 Å². The van der Waals surface area contributed by atoms with Crippen LogP contribution in [-0.4, -0.2) is 10.9 Å².